The molecule has 0 heterocycles. The average molecular weight is 238 g/mol. The molecule has 0 atom stereocenters. The third-order valence-electron chi connectivity index (χ3n) is 1.77. The molecule has 0 aliphatic rings. The number of hydrogen-bond acceptors (Lipinski definition) is 1. The van der Waals surface area contributed by atoms with E-state index in [1.807, 2.05) is 6.92 Å². The van der Waals surface area contributed by atoms with Crippen LogP contribution in [-0.4, -0.2) is 5.51 Å². The molecule has 15 heavy (non-hydrogen) atoms. The molecule has 0 aliphatic heterocycles. The Morgan fingerprint density at radius 2 is 1.93 bits per heavy atom. The van der Waals surface area contributed by atoms with Gasteiger partial charge in [-0.25, -0.2) is 4.39 Å². The van der Waals surface area contributed by atoms with E-state index in [0.717, 1.165) is 12.1 Å². The fraction of sp³-hybridized carbons (Fsp3) is 0.400. The van der Waals surface area contributed by atoms with Crippen molar-refractivity contribution in [2.24, 2.45) is 0 Å². The molecule has 0 fully saturated rings. The Labute approximate surface area is 89.7 Å². The molecule has 0 N–H and O–H groups in total. The summed E-state index contributed by atoms with van der Waals surface area (Å²) in [6.07, 6.45) is 1.16. The van der Waals surface area contributed by atoms with Crippen LogP contribution in [0.1, 0.15) is 18.9 Å². The maximum absolute atomic E-state index is 13.1. The van der Waals surface area contributed by atoms with Gasteiger partial charge in [-0.3, -0.25) is 0 Å². The van der Waals surface area contributed by atoms with Gasteiger partial charge in [0.25, 0.3) is 0 Å². The van der Waals surface area contributed by atoms with Gasteiger partial charge in [-0.15, -0.1) is 0 Å². The molecular formula is C10H10F4S. The van der Waals surface area contributed by atoms with Crippen LogP contribution < -0.4 is 0 Å². The lowest BCUT2D eigenvalue weighted by Crippen LogP contribution is -2.00. The highest BCUT2D eigenvalue weighted by Crippen LogP contribution is 2.37. The minimum absolute atomic E-state index is 0.0346. The van der Waals surface area contributed by atoms with Gasteiger partial charge in [0.2, 0.25) is 0 Å². The van der Waals surface area contributed by atoms with Crippen LogP contribution in [0.15, 0.2) is 23.1 Å². The van der Waals surface area contributed by atoms with Crippen LogP contribution in [0.2, 0.25) is 0 Å². The van der Waals surface area contributed by atoms with Gasteiger partial charge in [0.1, 0.15) is 5.82 Å². The van der Waals surface area contributed by atoms with Crippen LogP contribution in [0.4, 0.5) is 17.6 Å². The van der Waals surface area contributed by atoms with Gasteiger partial charge in [0, 0.05) is 4.90 Å². The minimum Gasteiger partial charge on any atom is -0.207 e. The Bertz CT molecular complexity index is 333. The van der Waals surface area contributed by atoms with E-state index in [0.29, 0.717) is 18.4 Å². The van der Waals surface area contributed by atoms with Crippen LogP contribution in [0.25, 0.3) is 0 Å². The van der Waals surface area contributed by atoms with Crippen molar-refractivity contribution in [2.75, 3.05) is 0 Å². The predicted molar refractivity (Wildman–Crippen MR) is 52.3 cm³/mol. The van der Waals surface area contributed by atoms with Crippen molar-refractivity contribution in [3.8, 4) is 0 Å². The summed E-state index contributed by atoms with van der Waals surface area (Å²) in [4.78, 5) is 0.0346. The van der Waals surface area contributed by atoms with E-state index in [2.05, 4.69) is 0 Å². The Hall–Kier alpha value is -0.710. The molecule has 0 spiro atoms. The smallest absolute Gasteiger partial charge is 0.207 e. The van der Waals surface area contributed by atoms with Crippen molar-refractivity contribution < 1.29 is 17.6 Å². The molecule has 0 aliphatic carbocycles. The van der Waals surface area contributed by atoms with Gasteiger partial charge in [-0.2, -0.15) is 13.2 Å². The largest absolute Gasteiger partial charge is 0.446 e. The number of alkyl halides is 3. The molecule has 1 aromatic carbocycles. The fourth-order valence-corrected chi connectivity index (χ4v) is 1.81. The second-order valence-corrected chi connectivity index (χ2v) is 4.19. The molecule has 5 heteroatoms. The van der Waals surface area contributed by atoms with Gasteiger partial charge in [0.15, 0.2) is 0 Å². The van der Waals surface area contributed by atoms with Gasteiger partial charge < -0.3 is 0 Å². The second-order valence-electron chi connectivity index (χ2n) is 3.05. The van der Waals surface area contributed by atoms with Crippen molar-refractivity contribution in [1.29, 1.82) is 0 Å². The van der Waals surface area contributed by atoms with Crippen molar-refractivity contribution in [3.63, 3.8) is 0 Å². The molecule has 0 nitrogen and oxygen atoms in total. The van der Waals surface area contributed by atoms with Crippen molar-refractivity contribution >= 4 is 11.8 Å². The molecule has 1 rings (SSSR count). The van der Waals surface area contributed by atoms with E-state index in [9.17, 15) is 17.6 Å². The Morgan fingerprint density at radius 3 is 2.47 bits per heavy atom. The summed E-state index contributed by atoms with van der Waals surface area (Å²) in [6.45, 7) is 1.85. The first-order chi connectivity index (χ1) is 6.92. The number of halogens is 4. The molecule has 0 aromatic heterocycles. The first kappa shape index (κ1) is 12.4. The van der Waals surface area contributed by atoms with Gasteiger partial charge in [-0.1, -0.05) is 13.3 Å². The lowest BCUT2D eigenvalue weighted by molar-refractivity contribution is -0.0328. The maximum Gasteiger partial charge on any atom is 0.446 e. The van der Waals surface area contributed by atoms with Gasteiger partial charge >= 0.3 is 5.51 Å². The molecule has 0 bridgehead atoms. The third-order valence-corrected chi connectivity index (χ3v) is 2.49. The SMILES string of the molecule is CCCc1cc(SC(F)(F)F)ccc1F. The van der Waals surface area contributed by atoms with E-state index < -0.39 is 11.3 Å². The molecule has 1 aromatic rings. The van der Waals surface area contributed by atoms with E-state index in [4.69, 9.17) is 0 Å². The summed E-state index contributed by atoms with van der Waals surface area (Å²) in [5, 5.41) is 0. The fourth-order valence-electron chi connectivity index (χ4n) is 1.21. The second kappa shape index (κ2) is 4.88. The normalized spacial score (nSPS) is 11.8. The Morgan fingerprint density at radius 1 is 1.27 bits per heavy atom. The highest BCUT2D eigenvalue weighted by Gasteiger charge is 2.29. The lowest BCUT2D eigenvalue weighted by Gasteiger charge is -2.07. The average Bonchev–Trinajstić information content (AvgIpc) is 2.09. The molecular weight excluding hydrogens is 228 g/mol. The lowest BCUT2D eigenvalue weighted by atomic mass is 10.1. The first-order valence-corrected chi connectivity index (χ1v) is 5.28. The number of benzene rings is 1. The van der Waals surface area contributed by atoms with Gasteiger partial charge in [-0.05, 0) is 41.9 Å². The van der Waals surface area contributed by atoms with Gasteiger partial charge in [0.05, 0.1) is 0 Å². The maximum atomic E-state index is 13.1. The summed E-state index contributed by atoms with van der Waals surface area (Å²) in [7, 11) is 0. The summed E-state index contributed by atoms with van der Waals surface area (Å²) in [5.74, 6) is -0.441. The van der Waals surface area contributed by atoms with E-state index in [1.165, 1.54) is 6.07 Å². The molecule has 0 saturated carbocycles. The van der Waals surface area contributed by atoms with E-state index >= 15 is 0 Å². The number of hydrogen-bond donors (Lipinski definition) is 0. The van der Waals surface area contributed by atoms with E-state index in [1.54, 1.807) is 0 Å². The Kier molecular flexibility index (Phi) is 4.02. The van der Waals surface area contributed by atoms with Crippen molar-refractivity contribution in [3.05, 3.63) is 29.6 Å². The van der Waals surface area contributed by atoms with Crippen LogP contribution in [0, 0.1) is 5.82 Å². The van der Waals surface area contributed by atoms with Crippen LogP contribution in [0.5, 0.6) is 0 Å². The standard InChI is InChI=1S/C10H10F4S/c1-2-3-7-6-8(4-5-9(7)11)15-10(12,13)14/h4-6H,2-3H2,1H3. The highest BCUT2D eigenvalue weighted by molar-refractivity contribution is 8.00. The summed E-state index contributed by atoms with van der Waals surface area (Å²) in [6, 6.07) is 3.49. The van der Waals surface area contributed by atoms with Crippen molar-refractivity contribution in [2.45, 2.75) is 30.2 Å². The van der Waals surface area contributed by atoms with Crippen LogP contribution in [-0.2, 0) is 6.42 Å². The quantitative estimate of drug-likeness (QED) is 0.556. The molecule has 0 radical (unpaired) electrons. The van der Waals surface area contributed by atoms with Crippen LogP contribution in [0.3, 0.4) is 0 Å². The zero-order chi connectivity index (χ0) is 11.5. The zero-order valence-electron chi connectivity index (χ0n) is 8.07. The monoisotopic (exact) mass is 238 g/mol. The number of aryl methyl sites for hydroxylation is 1. The summed E-state index contributed by atoms with van der Waals surface area (Å²) in [5.41, 5.74) is -3.98. The molecule has 0 amide bonds. The van der Waals surface area contributed by atoms with E-state index in [-0.39, 0.29) is 16.7 Å². The van der Waals surface area contributed by atoms with Crippen LogP contribution >= 0.6 is 11.8 Å². The topological polar surface area (TPSA) is 0 Å². The minimum atomic E-state index is -4.32. The highest BCUT2D eigenvalue weighted by atomic mass is 32.2. The predicted octanol–water partition coefficient (Wildman–Crippen LogP) is 4.39. The first-order valence-electron chi connectivity index (χ1n) is 4.46. The summed E-state index contributed by atoms with van der Waals surface area (Å²) < 4.78 is 49.2. The Balaban J connectivity index is 2.87. The molecule has 84 valence electrons. The third kappa shape index (κ3) is 4.11. The molecule has 0 saturated heterocycles. The number of rotatable bonds is 3. The summed E-state index contributed by atoms with van der Waals surface area (Å²) >= 11 is -0.217. The zero-order valence-corrected chi connectivity index (χ0v) is 8.88. The molecule has 0 unspecified atom stereocenters. The number of thioether (sulfide) groups is 1. The van der Waals surface area contributed by atoms with Crippen molar-refractivity contribution in [1.82, 2.24) is 0 Å².